The summed E-state index contributed by atoms with van der Waals surface area (Å²) < 4.78 is 0. The third-order valence-electron chi connectivity index (χ3n) is 2.54. The number of nitrogens with zero attached hydrogens (tertiary/aromatic N) is 1. The van der Waals surface area contributed by atoms with Gasteiger partial charge in [-0.1, -0.05) is 23.7 Å². The fourth-order valence-electron chi connectivity index (χ4n) is 1.66. The molecule has 1 aromatic carbocycles. The van der Waals surface area contributed by atoms with Gasteiger partial charge in [0, 0.05) is 17.3 Å². The fraction of sp³-hybridized carbons (Fsp3) is 0. The van der Waals surface area contributed by atoms with Crippen LogP contribution in [0, 0.1) is 0 Å². The Morgan fingerprint density at radius 1 is 1.11 bits per heavy atom. The van der Waals surface area contributed by atoms with Gasteiger partial charge in [-0.05, 0) is 29.8 Å². The maximum Gasteiger partial charge on any atom is 0.256 e. The van der Waals surface area contributed by atoms with Crippen LogP contribution in [0.15, 0.2) is 36.5 Å². The summed E-state index contributed by atoms with van der Waals surface area (Å²) in [5.41, 5.74) is 5.83. The van der Waals surface area contributed by atoms with Crippen molar-refractivity contribution in [2.24, 2.45) is 0 Å². The third kappa shape index (κ3) is 2.59. The highest BCUT2D eigenvalue weighted by Crippen LogP contribution is 2.24. The molecule has 0 saturated heterocycles. The second kappa shape index (κ2) is 5.38. The van der Waals surface area contributed by atoms with Crippen molar-refractivity contribution < 1.29 is 9.59 Å². The van der Waals surface area contributed by atoms with Crippen LogP contribution in [0.2, 0.25) is 5.02 Å². The number of nitrogens with two attached hydrogens (primary N) is 1. The smallest absolute Gasteiger partial charge is 0.256 e. The minimum absolute atomic E-state index is 0.0839. The first-order chi connectivity index (χ1) is 9.02. The molecular weight excluding hydrogens is 287 g/mol. The van der Waals surface area contributed by atoms with Gasteiger partial charge in [0.15, 0.2) is 5.78 Å². The van der Waals surface area contributed by atoms with Crippen molar-refractivity contribution in [2.45, 2.75) is 0 Å². The Morgan fingerprint density at radius 3 is 2.42 bits per heavy atom. The zero-order chi connectivity index (χ0) is 14.0. The quantitative estimate of drug-likeness (QED) is 0.698. The molecule has 0 amide bonds. The summed E-state index contributed by atoms with van der Waals surface area (Å²) in [6.07, 6.45) is 1.34. The maximum absolute atomic E-state index is 12.4. The van der Waals surface area contributed by atoms with Gasteiger partial charge < -0.3 is 5.73 Å². The van der Waals surface area contributed by atoms with Crippen LogP contribution in [0.25, 0.3) is 0 Å². The molecule has 0 aliphatic rings. The molecule has 4 nitrogen and oxygen atoms in total. The molecule has 1 heterocycles. The predicted molar refractivity (Wildman–Crippen MR) is 73.7 cm³/mol. The molecule has 2 N–H and O–H groups in total. The van der Waals surface area contributed by atoms with Crippen molar-refractivity contribution in [3.05, 3.63) is 58.2 Å². The molecule has 0 fully saturated rings. The molecule has 19 heavy (non-hydrogen) atoms. The SMILES string of the molecule is Nc1nccc(C(=O)c2ccccc2Cl)c1C(=O)Cl. The number of pyridine rings is 1. The lowest BCUT2D eigenvalue weighted by Crippen LogP contribution is -2.11. The molecule has 2 aromatic rings. The number of benzene rings is 1. The summed E-state index contributed by atoms with van der Waals surface area (Å²) in [6.45, 7) is 0. The second-order valence-electron chi connectivity index (χ2n) is 3.70. The zero-order valence-corrected chi connectivity index (χ0v) is 11.1. The molecule has 6 heteroatoms. The van der Waals surface area contributed by atoms with Gasteiger partial charge in [-0.2, -0.15) is 0 Å². The summed E-state index contributed by atoms with van der Waals surface area (Å²) in [7, 11) is 0. The first-order valence-electron chi connectivity index (χ1n) is 5.26. The first-order valence-corrected chi connectivity index (χ1v) is 6.01. The van der Waals surface area contributed by atoms with Gasteiger partial charge >= 0.3 is 0 Å². The largest absolute Gasteiger partial charge is 0.383 e. The lowest BCUT2D eigenvalue weighted by atomic mass is 10.00. The number of hydrogen-bond donors (Lipinski definition) is 1. The Hall–Kier alpha value is -1.91. The Balaban J connectivity index is 2.60. The average Bonchev–Trinajstić information content (AvgIpc) is 2.37. The molecule has 96 valence electrons. The molecular formula is C13H8Cl2N2O2. The maximum atomic E-state index is 12.4. The highest BCUT2D eigenvalue weighted by atomic mass is 35.5. The standard InChI is InChI=1S/C13H8Cl2N2O2/c14-9-4-2-1-3-7(9)11(18)8-5-6-17-13(16)10(8)12(15)19/h1-6H,(H2,16,17). The van der Waals surface area contributed by atoms with Crippen LogP contribution in [0.1, 0.15) is 26.3 Å². The summed E-state index contributed by atoms with van der Waals surface area (Å²) in [5, 5.41) is -0.545. The van der Waals surface area contributed by atoms with Gasteiger partial charge in [0.2, 0.25) is 0 Å². The van der Waals surface area contributed by atoms with Gasteiger partial charge in [0.1, 0.15) is 5.82 Å². The van der Waals surface area contributed by atoms with E-state index in [0.29, 0.717) is 0 Å². The van der Waals surface area contributed by atoms with Crippen molar-refractivity contribution in [1.82, 2.24) is 4.98 Å². The van der Waals surface area contributed by atoms with E-state index in [-0.39, 0.29) is 27.5 Å². The lowest BCUT2D eigenvalue weighted by Gasteiger charge is -2.08. The minimum atomic E-state index is -0.832. The topological polar surface area (TPSA) is 73.0 Å². The highest BCUT2D eigenvalue weighted by molar-refractivity contribution is 6.68. The normalized spacial score (nSPS) is 10.2. The summed E-state index contributed by atoms with van der Waals surface area (Å²) in [4.78, 5) is 27.5. The lowest BCUT2D eigenvalue weighted by molar-refractivity contribution is 0.102. The van der Waals surface area contributed by atoms with Crippen LogP contribution in [0.3, 0.4) is 0 Å². The van der Waals surface area contributed by atoms with E-state index in [0.717, 1.165) is 0 Å². The molecule has 0 unspecified atom stereocenters. The number of nitrogen functional groups attached to an aromatic ring is 1. The zero-order valence-electron chi connectivity index (χ0n) is 9.56. The van der Waals surface area contributed by atoms with Crippen LogP contribution in [-0.4, -0.2) is 16.0 Å². The van der Waals surface area contributed by atoms with E-state index in [1.165, 1.54) is 12.3 Å². The van der Waals surface area contributed by atoms with Gasteiger partial charge in [0.05, 0.1) is 10.6 Å². The van der Waals surface area contributed by atoms with E-state index in [9.17, 15) is 9.59 Å². The Morgan fingerprint density at radius 2 is 1.79 bits per heavy atom. The summed E-state index contributed by atoms with van der Waals surface area (Å²) >= 11 is 11.4. The molecule has 0 aliphatic heterocycles. The predicted octanol–water partition coefficient (Wildman–Crippen LogP) is 2.93. The molecule has 0 aliphatic carbocycles. The Labute approximate surface area is 119 Å². The molecule has 0 radical (unpaired) electrons. The first kappa shape index (κ1) is 13.5. The summed E-state index contributed by atoms with van der Waals surface area (Å²) in [5.74, 6) is -0.512. The monoisotopic (exact) mass is 294 g/mol. The van der Waals surface area contributed by atoms with E-state index >= 15 is 0 Å². The Bertz CT molecular complexity index is 671. The second-order valence-corrected chi connectivity index (χ2v) is 4.45. The number of rotatable bonds is 3. The van der Waals surface area contributed by atoms with Crippen LogP contribution >= 0.6 is 23.2 Å². The van der Waals surface area contributed by atoms with Crippen molar-refractivity contribution in [3.8, 4) is 0 Å². The van der Waals surface area contributed by atoms with Crippen molar-refractivity contribution >= 4 is 40.0 Å². The molecule has 0 saturated carbocycles. The van der Waals surface area contributed by atoms with Gasteiger partial charge in [-0.15, -0.1) is 0 Å². The molecule has 0 atom stereocenters. The number of halogens is 2. The summed E-state index contributed by atoms with van der Waals surface area (Å²) in [6, 6.07) is 7.91. The van der Waals surface area contributed by atoms with Gasteiger partial charge in [-0.3, -0.25) is 9.59 Å². The van der Waals surface area contributed by atoms with Crippen LogP contribution < -0.4 is 5.73 Å². The number of anilines is 1. The molecule has 2 rings (SSSR count). The highest BCUT2D eigenvalue weighted by Gasteiger charge is 2.21. The van der Waals surface area contributed by atoms with Gasteiger partial charge in [-0.25, -0.2) is 4.98 Å². The fourth-order valence-corrected chi connectivity index (χ4v) is 2.08. The van der Waals surface area contributed by atoms with Crippen molar-refractivity contribution in [2.75, 3.05) is 5.73 Å². The van der Waals surface area contributed by atoms with Crippen molar-refractivity contribution in [1.29, 1.82) is 0 Å². The number of carbonyl (C=O) groups excluding carboxylic acids is 2. The molecule has 1 aromatic heterocycles. The van der Waals surface area contributed by atoms with E-state index < -0.39 is 11.0 Å². The van der Waals surface area contributed by atoms with Gasteiger partial charge in [0.25, 0.3) is 5.24 Å². The van der Waals surface area contributed by atoms with Crippen LogP contribution in [0.5, 0.6) is 0 Å². The number of carbonyl (C=O) groups is 2. The minimum Gasteiger partial charge on any atom is -0.383 e. The van der Waals surface area contributed by atoms with E-state index in [1.807, 2.05) is 0 Å². The van der Waals surface area contributed by atoms with E-state index in [4.69, 9.17) is 28.9 Å². The molecule has 0 bridgehead atoms. The van der Waals surface area contributed by atoms with E-state index in [2.05, 4.69) is 4.98 Å². The molecule has 0 spiro atoms. The third-order valence-corrected chi connectivity index (χ3v) is 3.06. The Kier molecular flexibility index (Phi) is 3.83. The van der Waals surface area contributed by atoms with Crippen LogP contribution in [0.4, 0.5) is 5.82 Å². The number of aromatic nitrogens is 1. The average molecular weight is 295 g/mol. The number of hydrogen-bond acceptors (Lipinski definition) is 4. The van der Waals surface area contributed by atoms with Crippen molar-refractivity contribution in [3.63, 3.8) is 0 Å². The number of ketones is 1. The van der Waals surface area contributed by atoms with E-state index in [1.54, 1.807) is 24.3 Å². The van der Waals surface area contributed by atoms with Crippen LogP contribution in [-0.2, 0) is 0 Å².